The maximum Gasteiger partial charge on any atom is 0.260 e. The van der Waals surface area contributed by atoms with Gasteiger partial charge in [-0.1, -0.05) is 23.7 Å². The number of aromatic nitrogens is 5. The van der Waals surface area contributed by atoms with Crippen molar-refractivity contribution in [2.75, 3.05) is 26.2 Å². The van der Waals surface area contributed by atoms with Crippen LogP contribution in [0.15, 0.2) is 47.7 Å². The summed E-state index contributed by atoms with van der Waals surface area (Å²) < 4.78 is 1.79. The Morgan fingerprint density at radius 2 is 1.86 bits per heavy atom. The van der Waals surface area contributed by atoms with E-state index in [1.165, 1.54) is 0 Å². The monoisotopic (exact) mass is 504 g/mol. The minimum atomic E-state index is -0.108. The maximum absolute atomic E-state index is 13.9. The van der Waals surface area contributed by atoms with Crippen LogP contribution in [0.3, 0.4) is 0 Å². The van der Waals surface area contributed by atoms with E-state index in [0.29, 0.717) is 46.6 Å². The standard InChI is InChI=1S/C27H29ClN6O2/c1-17-13-29-15-25(31-17)20-3-4-22(24(28)12-20)23-11-21-14-30-18(2)32-26(21)34(27(23)36)16-19-5-7-33(8-6-19)9-10-35/h3-4,11-15,19,35H,5-10,16H2,1-2H3. The molecule has 0 radical (unpaired) electrons. The van der Waals surface area contributed by atoms with Crippen LogP contribution in [0.2, 0.25) is 5.02 Å². The Bertz CT molecular complexity index is 1460. The summed E-state index contributed by atoms with van der Waals surface area (Å²) in [6.07, 6.45) is 7.11. The molecule has 1 N–H and O–H groups in total. The molecule has 0 saturated carbocycles. The first-order chi connectivity index (χ1) is 17.4. The summed E-state index contributed by atoms with van der Waals surface area (Å²) in [4.78, 5) is 33.9. The lowest BCUT2D eigenvalue weighted by molar-refractivity contribution is 0.141. The lowest BCUT2D eigenvalue weighted by Gasteiger charge is -2.31. The molecule has 8 nitrogen and oxygen atoms in total. The number of aryl methyl sites for hydroxylation is 2. The molecule has 1 fully saturated rings. The molecular formula is C27H29ClN6O2. The molecule has 1 aliphatic heterocycles. The summed E-state index contributed by atoms with van der Waals surface area (Å²) in [7, 11) is 0. The summed E-state index contributed by atoms with van der Waals surface area (Å²) in [6, 6.07) is 7.46. The van der Waals surface area contributed by atoms with E-state index in [-0.39, 0.29) is 12.2 Å². The van der Waals surface area contributed by atoms with Crippen LogP contribution in [0.4, 0.5) is 0 Å². The number of likely N-dealkylation sites (tertiary alicyclic amines) is 1. The van der Waals surface area contributed by atoms with Gasteiger partial charge in [0.25, 0.3) is 5.56 Å². The number of pyridine rings is 1. The van der Waals surface area contributed by atoms with E-state index in [9.17, 15) is 9.90 Å². The largest absolute Gasteiger partial charge is 0.395 e. The number of aliphatic hydroxyl groups is 1. The fourth-order valence-electron chi connectivity index (χ4n) is 4.89. The van der Waals surface area contributed by atoms with Gasteiger partial charge in [0, 0.05) is 52.6 Å². The van der Waals surface area contributed by atoms with E-state index in [0.717, 1.165) is 48.3 Å². The Morgan fingerprint density at radius 3 is 2.58 bits per heavy atom. The number of nitrogens with zero attached hydrogens (tertiary/aromatic N) is 6. The van der Waals surface area contributed by atoms with Crippen LogP contribution in [0.1, 0.15) is 24.4 Å². The van der Waals surface area contributed by atoms with Gasteiger partial charge in [-0.15, -0.1) is 0 Å². The van der Waals surface area contributed by atoms with Gasteiger partial charge in [-0.2, -0.15) is 0 Å². The first kappa shape index (κ1) is 24.5. The molecule has 9 heteroatoms. The van der Waals surface area contributed by atoms with Crippen LogP contribution < -0.4 is 5.56 Å². The number of fused-ring (bicyclic) bond motifs is 1. The third kappa shape index (κ3) is 5.02. The van der Waals surface area contributed by atoms with Gasteiger partial charge < -0.3 is 10.0 Å². The lowest BCUT2D eigenvalue weighted by atomic mass is 9.96. The second-order valence-electron chi connectivity index (χ2n) is 9.42. The molecule has 4 aromatic rings. The van der Waals surface area contributed by atoms with E-state index < -0.39 is 0 Å². The molecule has 1 aromatic carbocycles. The van der Waals surface area contributed by atoms with Gasteiger partial charge in [0.2, 0.25) is 0 Å². The average molecular weight is 505 g/mol. The molecular weight excluding hydrogens is 476 g/mol. The molecule has 1 aliphatic rings. The van der Waals surface area contributed by atoms with Gasteiger partial charge >= 0.3 is 0 Å². The van der Waals surface area contributed by atoms with Crippen LogP contribution in [-0.4, -0.2) is 60.8 Å². The second-order valence-corrected chi connectivity index (χ2v) is 9.83. The average Bonchev–Trinajstić information content (AvgIpc) is 2.87. The smallest absolute Gasteiger partial charge is 0.260 e. The number of β-amino-alcohol motifs (C(OH)–C–C–N with tert-alkyl or cyclic N) is 1. The number of halogens is 1. The van der Waals surface area contributed by atoms with Gasteiger partial charge in [0.1, 0.15) is 11.5 Å². The molecule has 0 unspecified atom stereocenters. The number of hydrogen-bond acceptors (Lipinski definition) is 7. The molecule has 0 atom stereocenters. The third-order valence-electron chi connectivity index (χ3n) is 6.82. The second kappa shape index (κ2) is 10.4. The Hall–Kier alpha value is -3.20. The summed E-state index contributed by atoms with van der Waals surface area (Å²) in [5, 5.41) is 10.5. The van der Waals surface area contributed by atoms with Gasteiger partial charge in [-0.05, 0) is 57.8 Å². The summed E-state index contributed by atoms with van der Waals surface area (Å²) in [5.74, 6) is 0.979. The van der Waals surface area contributed by atoms with E-state index in [4.69, 9.17) is 11.6 Å². The van der Waals surface area contributed by atoms with Crippen LogP contribution in [0, 0.1) is 19.8 Å². The van der Waals surface area contributed by atoms with Crippen molar-refractivity contribution in [1.82, 2.24) is 29.4 Å². The Labute approximate surface area is 214 Å². The lowest BCUT2D eigenvalue weighted by Crippen LogP contribution is -2.38. The minimum Gasteiger partial charge on any atom is -0.395 e. The van der Waals surface area contributed by atoms with Crippen LogP contribution in [-0.2, 0) is 6.54 Å². The van der Waals surface area contributed by atoms with Crippen LogP contribution >= 0.6 is 11.6 Å². The van der Waals surface area contributed by atoms with E-state index in [1.54, 1.807) is 23.2 Å². The molecule has 0 aliphatic carbocycles. The molecule has 186 valence electrons. The normalized spacial score (nSPS) is 15.0. The SMILES string of the molecule is Cc1cncc(-c2ccc(-c3cc4cnc(C)nc4n(CC4CCN(CCO)CC4)c3=O)c(Cl)c2)n1. The van der Waals surface area contributed by atoms with Crippen molar-refractivity contribution in [2.45, 2.75) is 33.2 Å². The molecule has 0 bridgehead atoms. The van der Waals surface area contributed by atoms with Crippen molar-refractivity contribution in [2.24, 2.45) is 5.92 Å². The summed E-state index contributed by atoms with van der Waals surface area (Å²) in [5.41, 5.74) is 4.13. The molecule has 0 amide bonds. The van der Waals surface area contributed by atoms with Gasteiger partial charge in [-0.25, -0.2) is 15.0 Å². The summed E-state index contributed by atoms with van der Waals surface area (Å²) in [6.45, 7) is 7.01. The highest BCUT2D eigenvalue weighted by Crippen LogP contribution is 2.32. The summed E-state index contributed by atoms with van der Waals surface area (Å²) >= 11 is 6.74. The van der Waals surface area contributed by atoms with Crippen molar-refractivity contribution in [3.63, 3.8) is 0 Å². The Balaban J connectivity index is 1.54. The van der Waals surface area contributed by atoms with E-state index >= 15 is 0 Å². The highest BCUT2D eigenvalue weighted by Gasteiger charge is 2.22. The zero-order valence-corrected chi connectivity index (χ0v) is 21.2. The van der Waals surface area contributed by atoms with Gasteiger partial charge in [0.15, 0.2) is 0 Å². The zero-order valence-electron chi connectivity index (χ0n) is 20.5. The molecule has 0 spiro atoms. The van der Waals surface area contributed by atoms with Gasteiger partial charge in [-0.3, -0.25) is 14.3 Å². The third-order valence-corrected chi connectivity index (χ3v) is 7.13. The molecule has 5 rings (SSSR count). The van der Waals surface area contributed by atoms with Crippen molar-refractivity contribution >= 4 is 22.6 Å². The number of hydrogen-bond donors (Lipinski definition) is 1. The van der Waals surface area contributed by atoms with Crippen molar-refractivity contribution in [3.05, 3.63) is 69.8 Å². The molecule has 36 heavy (non-hydrogen) atoms. The predicted molar refractivity (Wildman–Crippen MR) is 141 cm³/mol. The van der Waals surface area contributed by atoms with Crippen molar-refractivity contribution < 1.29 is 5.11 Å². The Kier molecular flexibility index (Phi) is 7.09. The number of aliphatic hydroxyl groups excluding tert-OH is 1. The zero-order chi connectivity index (χ0) is 25.2. The van der Waals surface area contributed by atoms with Crippen molar-refractivity contribution in [1.29, 1.82) is 0 Å². The molecule has 4 heterocycles. The highest BCUT2D eigenvalue weighted by atomic mass is 35.5. The first-order valence-electron chi connectivity index (χ1n) is 12.2. The minimum absolute atomic E-state index is 0.108. The number of piperidine rings is 1. The quantitative estimate of drug-likeness (QED) is 0.425. The van der Waals surface area contributed by atoms with E-state index in [1.807, 2.05) is 38.1 Å². The topological polar surface area (TPSA) is 97.0 Å². The van der Waals surface area contributed by atoms with Crippen LogP contribution in [0.25, 0.3) is 33.4 Å². The maximum atomic E-state index is 13.9. The highest BCUT2D eigenvalue weighted by molar-refractivity contribution is 6.33. The number of rotatable bonds is 6. The fraction of sp³-hybridized carbons (Fsp3) is 0.370. The Morgan fingerprint density at radius 1 is 1.06 bits per heavy atom. The molecule has 1 saturated heterocycles. The van der Waals surface area contributed by atoms with Gasteiger partial charge in [0.05, 0.1) is 24.2 Å². The predicted octanol–water partition coefficient (Wildman–Crippen LogP) is 3.89. The van der Waals surface area contributed by atoms with Crippen LogP contribution in [0.5, 0.6) is 0 Å². The first-order valence-corrected chi connectivity index (χ1v) is 12.6. The van der Waals surface area contributed by atoms with E-state index in [2.05, 4.69) is 24.8 Å². The fourth-order valence-corrected chi connectivity index (χ4v) is 5.18. The number of benzene rings is 1. The molecule has 3 aromatic heterocycles. The van der Waals surface area contributed by atoms with Crippen molar-refractivity contribution in [3.8, 4) is 22.4 Å².